The molecular formula is C13H10N4O2. The maximum Gasteiger partial charge on any atom is 0.278 e. The fraction of sp³-hybridized carbons (Fsp3) is 0. The minimum Gasteiger partial charge on any atom is -0.383 e. The van der Waals surface area contributed by atoms with Crippen molar-refractivity contribution in [1.82, 2.24) is 9.38 Å². The highest BCUT2D eigenvalue weighted by atomic mass is 16.6. The molecule has 0 aliphatic heterocycles. The van der Waals surface area contributed by atoms with Gasteiger partial charge in [0.15, 0.2) is 0 Å². The monoisotopic (exact) mass is 254 g/mol. The van der Waals surface area contributed by atoms with Crippen molar-refractivity contribution >= 4 is 17.2 Å². The van der Waals surface area contributed by atoms with Gasteiger partial charge in [-0.05, 0) is 18.2 Å². The minimum atomic E-state index is -0.432. The van der Waals surface area contributed by atoms with E-state index < -0.39 is 4.92 Å². The fourth-order valence-corrected chi connectivity index (χ4v) is 2.05. The van der Waals surface area contributed by atoms with Crippen LogP contribution < -0.4 is 5.73 Å². The van der Waals surface area contributed by atoms with E-state index in [2.05, 4.69) is 4.98 Å². The molecule has 6 nitrogen and oxygen atoms in total. The zero-order valence-corrected chi connectivity index (χ0v) is 9.85. The number of imidazole rings is 1. The van der Waals surface area contributed by atoms with E-state index >= 15 is 0 Å². The van der Waals surface area contributed by atoms with E-state index in [1.165, 1.54) is 6.07 Å². The summed E-state index contributed by atoms with van der Waals surface area (Å²) in [4.78, 5) is 15.0. The Morgan fingerprint density at radius 1 is 1.16 bits per heavy atom. The molecule has 0 bridgehead atoms. The Kier molecular flexibility index (Phi) is 2.42. The molecule has 2 heterocycles. The van der Waals surface area contributed by atoms with Crippen LogP contribution in [0.5, 0.6) is 0 Å². The molecule has 94 valence electrons. The van der Waals surface area contributed by atoms with Gasteiger partial charge in [-0.2, -0.15) is 0 Å². The zero-order valence-electron chi connectivity index (χ0n) is 9.85. The molecule has 0 fully saturated rings. The van der Waals surface area contributed by atoms with Crippen LogP contribution in [0, 0.1) is 10.1 Å². The number of anilines is 1. The van der Waals surface area contributed by atoms with Crippen LogP contribution in [0.2, 0.25) is 0 Å². The molecular weight excluding hydrogens is 244 g/mol. The van der Waals surface area contributed by atoms with Crippen LogP contribution in [-0.4, -0.2) is 14.3 Å². The highest BCUT2D eigenvalue weighted by molar-refractivity contribution is 5.80. The van der Waals surface area contributed by atoms with Gasteiger partial charge in [-0.15, -0.1) is 0 Å². The lowest BCUT2D eigenvalue weighted by atomic mass is 10.1. The van der Waals surface area contributed by atoms with Gasteiger partial charge in [-0.3, -0.25) is 14.5 Å². The first kappa shape index (κ1) is 11.2. The maximum atomic E-state index is 11.1. The quantitative estimate of drug-likeness (QED) is 0.562. The van der Waals surface area contributed by atoms with Crippen molar-refractivity contribution in [3.05, 3.63) is 58.8 Å². The Bertz CT molecular complexity index is 779. The second-order valence-corrected chi connectivity index (χ2v) is 4.05. The molecule has 0 aliphatic rings. The molecule has 2 aromatic heterocycles. The first-order chi connectivity index (χ1) is 9.18. The number of para-hydroxylation sites is 1. The van der Waals surface area contributed by atoms with E-state index in [1.54, 1.807) is 34.9 Å². The molecule has 0 spiro atoms. The van der Waals surface area contributed by atoms with E-state index in [1.807, 2.05) is 12.1 Å². The molecule has 2 N–H and O–H groups in total. The van der Waals surface area contributed by atoms with Gasteiger partial charge >= 0.3 is 0 Å². The largest absolute Gasteiger partial charge is 0.383 e. The zero-order chi connectivity index (χ0) is 13.4. The number of pyridine rings is 1. The van der Waals surface area contributed by atoms with Crippen molar-refractivity contribution in [3.8, 4) is 11.3 Å². The Balaban J connectivity index is 2.31. The summed E-state index contributed by atoms with van der Waals surface area (Å²) in [7, 11) is 0. The lowest BCUT2D eigenvalue weighted by molar-refractivity contribution is -0.384. The summed E-state index contributed by atoms with van der Waals surface area (Å²) >= 11 is 0. The van der Waals surface area contributed by atoms with Crippen LogP contribution in [0.3, 0.4) is 0 Å². The molecule has 1 aromatic carbocycles. The summed E-state index contributed by atoms with van der Waals surface area (Å²) in [5.74, 6) is 0.393. The number of rotatable bonds is 2. The molecule has 0 aliphatic carbocycles. The van der Waals surface area contributed by atoms with Gasteiger partial charge in [0.25, 0.3) is 5.69 Å². The summed E-state index contributed by atoms with van der Waals surface area (Å²) < 4.78 is 1.70. The lowest BCUT2D eigenvalue weighted by Gasteiger charge is -2.00. The number of benzene rings is 1. The Morgan fingerprint density at radius 3 is 2.63 bits per heavy atom. The number of hydrogen-bond donors (Lipinski definition) is 1. The molecule has 0 amide bonds. The Labute approximate surface area is 108 Å². The number of aromatic nitrogens is 2. The van der Waals surface area contributed by atoms with Gasteiger partial charge in [-0.1, -0.05) is 18.2 Å². The average Bonchev–Trinajstić information content (AvgIpc) is 2.76. The molecule has 0 saturated heterocycles. The Hall–Kier alpha value is -2.89. The molecule has 19 heavy (non-hydrogen) atoms. The smallest absolute Gasteiger partial charge is 0.278 e. The lowest BCUT2D eigenvalue weighted by Crippen LogP contribution is -1.96. The van der Waals surface area contributed by atoms with Gasteiger partial charge < -0.3 is 5.73 Å². The molecule has 0 atom stereocenters. The van der Waals surface area contributed by atoms with Crippen LogP contribution in [0.15, 0.2) is 48.7 Å². The normalized spacial score (nSPS) is 10.7. The first-order valence-corrected chi connectivity index (χ1v) is 5.65. The van der Waals surface area contributed by atoms with E-state index in [-0.39, 0.29) is 5.69 Å². The standard InChI is InChI=1S/C13H10N4O2/c14-13-12(15-11-7-3-4-8-16(11)13)9-5-1-2-6-10(9)17(18)19/h1-8H,14H2. The third-order valence-electron chi connectivity index (χ3n) is 2.92. The fourth-order valence-electron chi connectivity index (χ4n) is 2.05. The van der Waals surface area contributed by atoms with Gasteiger partial charge in [0.1, 0.15) is 17.2 Å². The molecule has 3 aromatic rings. The van der Waals surface area contributed by atoms with Crippen molar-refractivity contribution in [1.29, 1.82) is 0 Å². The Morgan fingerprint density at radius 2 is 1.89 bits per heavy atom. The average molecular weight is 254 g/mol. The number of nitro benzene ring substituents is 1. The number of nitrogens with two attached hydrogens (primary N) is 1. The van der Waals surface area contributed by atoms with E-state index in [0.29, 0.717) is 22.7 Å². The van der Waals surface area contributed by atoms with Crippen LogP contribution in [0.25, 0.3) is 16.9 Å². The van der Waals surface area contributed by atoms with Crippen molar-refractivity contribution in [3.63, 3.8) is 0 Å². The van der Waals surface area contributed by atoms with Gasteiger partial charge in [0.05, 0.1) is 10.5 Å². The number of fused-ring (bicyclic) bond motifs is 1. The molecule has 3 rings (SSSR count). The molecule has 6 heteroatoms. The highest BCUT2D eigenvalue weighted by Crippen LogP contribution is 2.33. The number of nitro groups is 1. The molecule has 0 saturated carbocycles. The van der Waals surface area contributed by atoms with Crippen molar-refractivity contribution in [2.24, 2.45) is 0 Å². The van der Waals surface area contributed by atoms with E-state index in [0.717, 1.165) is 0 Å². The second-order valence-electron chi connectivity index (χ2n) is 4.05. The topological polar surface area (TPSA) is 86.5 Å². The van der Waals surface area contributed by atoms with Crippen LogP contribution in [0.1, 0.15) is 0 Å². The number of nitrogens with zero attached hydrogens (tertiary/aromatic N) is 3. The molecule has 0 unspecified atom stereocenters. The summed E-state index contributed by atoms with van der Waals surface area (Å²) in [6, 6.07) is 11.9. The number of hydrogen-bond acceptors (Lipinski definition) is 4. The van der Waals surface area contributed by atoms with Crippen molar-refractivity contribution < 1.29 is 4.92 Å². The van der Waals surface area contributed by atoms with E-state index in [4.69, 9.17) is 5.73 Å². The third-order valence-corrected chi connectivity index (χ3v) is 2.92. The van der Waals surface area contributed by atoms with Crippen LogP contribution in [-0.2, 0) is 0 Å². The second kappa shape index (κ2) is 4.09. The van der Waals surface area contributed by atoms with Gasteiger partial charge in [0.2, 0.25) is 0 Å². The summed E-state index contributed by atoms with van der Waals surface area (Å²) in [5, 5.41) is 11.1. The first-order valence-electron chi connectivity index (χ1n) is 5.65. The summed E-state index contributed by atoms with van der Waals surface area (Å²) in [6.45, 7) is 0. The van der Waals surface area contributed by atoms with Gasteiger partial charge in [0, 0.05) is 12.3 Å². The maximum absolute atomic E-state index is 11.1. The third kappa shape index (κ3) is 1.70. The number of nitrogen functional groups attached to an aromatic ring is 1. The summed E-state index contributed by atoms with van der Waals surface area (Å²) in [6.07, 6.45) is 1.77. The van der Waals surface area contributed by atoms with Gasteiger partial charge in [-0.25, -0.2) is 4.98 Å². The molecule has 0 radical (unpaired) electrons. The SMILES string of the molecule is Nc1c(-c2ccccc2[N+](=O)[O-])nc2ccccn12. The van der Waals surface area contributed by atoms with Crippen LogP contribution >= 0.6 is 0 Å². The van der Waals surface area contributed by atoms with Crippen molar-refractivity contribution in [2.45, 2.75) is 0 Å². The minimum absolute atomic E-state index is 0.00222. The predicted molar refractivity (Wildman–Crippen MR) is 71.7 cm³/mol. The van der Waals surface area contributed by atoms with Crippen LogP contribution in [0.4, 0.5) is 11.5 Å². The predicted octanol–water partition coefficient (Wildman–Crippen LogP) is 2.49. The highest BCUT2D eigenvalue weighted by Gasteiger charge is 2.19. The van der Waals surface area contributed by atoms with E-state index in [9.17, 15) is 10.1 Å². The summed E-state index contributed by atoms with van der Waals surface area (Å²) in [5.41, 5.74) is 7.53. The van der Waals surface area contributed by atoms with Crippen molar-refractivity contribution in [2.75, 3.05) is 5.73 Å².